The highest BCUT2D eigenvalue weighted by atomic mass is 28.3. The van der Waals surface area contributed by atoms with Gasteiger partial charge in [0, 0.05) is 32.9 Å². The molecule has 0 saturated carbocycles. The molecule has 0 amide bonds. The quantitative estimate of drug-likeness (QED) is 0.118. The molecule has 3 heterocycles. The van der Waals surface area contributed by atoms with Gasteiger partial charge in [-0.25, -0.2) is 0 Å². The molecular formula is C60H40BNO2Si. The number of hydrogen-bond acceptors (Lipinski definition) is 2. The van der Waals surface area contributed by atoms with Crippen LogP contribution in [-0.4, -0.2) is 19.6 Å². The third kappa shape index (κ3) is 5.90. The zero-order valence-corrected chi connectivity index (χ0v) is 36.4. The first kappa shape index (κ1) is 37.4. The van der Waals surface area contributed by atoms with E-state index in [9.17, 15) is 0 Å². The molecule has 0 bridgehead atoms. The molecule has 2 aliphatic rings. The molecule has 13 rings (SSSR count). The van der Waals surface area contributed by atoms with Crippen LogP contribution in [0.2, 0.25) is 0 Å². The van der Waals surface area contributed by atoms with E-state index in [4.69, 9.17) is 9.39 Å². The van der Waals surface area contributed by atoms with Crippen molar-refractivity contribution in [3.8, 4) is 56.3 Å². The zero-order valence-electron chi connectivity index (χ0n) is 35.4. The van der Waals surface area contributed by atoms with Gasteiger partial charge >= 0.3 is 6.92 Å². The predicted molar refractivity (Wildman–Crippen MR) is 273 cm³/mol. The van der Waals surface area contributed by atoms with Gasteiger partial charge in [-0.3, -0.25) is 0 Å². The van der Waals surface area contributed by atoms with E-state index < -0.39 is 8.07 Å². The van der Waals surface area contributed by atoms with Crippen LogP contribution in [0.25, 0.3) is 60.9 Å². The summed E-state index contributed by atoms with van der Waals surface area (Å²) in [4.78, 5) is 0. The first-order valence-corrected chi connectivity index (χ1v) is 24.3. The molecule has 0 N–H and O–H groups in total. The van der Waals surface area contributed by atoms with E-state index in [1.54, 1.807) is 0 Å². The van der Waals surface area contributed by atoms with Crippen molar-refractivity contribution in [3.63, 3.8) is 0 Å². The van der Waals surface area contributed by atoms with Crippen molar-refractivity contribution in [3.05, 3.63) is 243 Å². The molecule has 0 radical (unpaired) electrons. The highest BCUT2D eigenvalue weighted by Crippen LogP contribution is 2.42. The van der Waals surface area contributed by atoms with Crippen LogP contribution in [0.3, 0.4) is 0 Å². The summed E-state index contributed by atoms with van der Waals surface area (Å²) in [6.45, 7) is -0.305. The maximum absolute atomic E-state index is 7.13. The zero-order chi connectivity index (χ0) is 42.9. The lowest BCUT2D eigenvalue weighted by Gasteiger charge is -2.35. The summed E-state index contributed by atoms with van der Waals surface area (Å²) in [6, 6.07) is 88.3. The number of rotatable bonds is 7. The molecule has 0 atom stereocenters. The Labute approximate surface area is 379 Å². The van der Waals surface area contributed by atoms with Crippen LogP contribution in [0.4, 0.5) is 0 Å². The molecule has 5 heteroatoms. The molecule has 65 heavy (non-hydrogen) atoms. The van der Waals surface area contributed by atoms with Crippen molar-refractivity contribution in [1.29, 1.82) is 0 Å². The van der Waals surface area contributed by atoms with Gasteiger partial charge < -0.3 is 14.0 Å². The number of ether oxygens (including phenoxy) is 1. The Morgan fingerprint density at radius 1 is 0.354 bits per heavy atom. The number of para-hydroxylation sites is 2. The number of aromatic nitrogens is 1. The van der Waals surface area contributed by atoms with Crippen LogP contribution in [0, 0.1) is 0 Å². The maximum atomic E-state index is 7.13. The van der Waals surface area contributed by atoms with E-state index >= 15 is 0 Å². The highest BCUT2D eigenvalue weighted by Gasteiger charge is 2.42. The van der Waals surface area contributed by atoms with Crippen LogP contribution >= 0.6 is 0 Å². The van der Waals surface area contributed by atoms with E-state index in [1.165, 1.54) is 42.6 Å². The molecule has 304 valence electrons. The lowest BCUT2D eigenvalue weighted by Crippen LogP contribution is -2.74. The summed E-state index contributed by atoms with van der Waals surface area (Å²) in [5.74, 6) is 2.53. The molecule has 10 aromatic carbocycles. The van der Waals surface area contributed by atoms with Crippen molar-refractivity contribution >= 4 is 68.5 Å². The van der Waals surface area contributed by atoms with Crippen LogP contribution in [0.5, 0.6) is 17.2 Å². The number of hydrogen-bond donors (Lipinski definition) is 0. The van der Waals surface area contributed by atoms with Gasteiger partial charge in [-0.05, 0) is 91.0 Å². The van der Waals surface area contributed by atoms with Crippen LogP contribution in [0.1, 0.15) is 0 Å². The van der Waals surface area contributed by atoms with Crippen LogP contribution in [-0.2, 0) is 0 Å². The smallest absolute Gasteiger partial charge is 0.434 e. The second kappa shape index (κ2) is 15.0. The van der Waals surface area contributed by atoms with E-state index in [2.05, 4.69) is 247 Å². The Morgan fingerprint density at radius 3 is 1.54 bits per heavy atom. The van der Waals surface area contributed by atoms with Crippen molar-refractivity contribution in [2.75, 3.05) is 0 Å². The molecule has 3 nitrogen and oxygen atoms in total. The minimum absolute atomic E-state index is 0.305. The summed E-state index contributed by atoms with van der Waals surface area (Å²) in [5.41, 5.74) is 12.4. The fourth-order valence-electron chi connectivity index (χ4n) is 10.7. The molecule has 0 fully saturated rings. The average Bonchev–Trinajstić information content (AvgIpc) is 3.72. The van der Waals surface area contributed by atoms with Crippen molar-refractivity contribution in [2.24, 2.45) is 0 Å². The standard InChI is InChI=1S/C60H40BNO2Si/c1-4-17-46(18-5-1)65(47-19-6-2-7-20-47,48-21-8-3-9-22-48)49-23-14-16-42(38-49)44-32-36-52-53-26-15-29-57-60(53)61(64-58(52)39-44)54-37-33-43(40-59(54)63-57)41-30-34-45(35-31-41)62-55-27-12-10-24-50(55)51-25-11-13-28-56(51)62/h1-40H. The number of fused-ring (bicyclic) bond motifs is 7. The van der Waals surface area contributed by atoms with Gasteiger partial charge in [-0.15, -0.1) is 0 Å². The Hall–Kier alpha value is -8.12. The molecule has 1 aromatic heterocycles. The van der Waals surface area contributed by atoms with Gasteiger partial charge in [0.25, 0.3) is 0 Å². The Kier molecular flexibility index (Phi) is 8.65. The average molecular weight is 846 g/mol. The van der Waals surface area contributed by atoms with Gasteiger partial charge in [0.15, 0.2) is 8.07 Å². The summed E-state index contributed by atoms with van der Waals surface area (Å²) >= 11 is 0. The number of nitrogens with zero attached hydrogens (tertiary/aromatic N) is 1. The largest absolute Gasteiger partial charge is 0.551 e. The third-order valence-electron chi connectivity index (χ3n) is 13.6. The Bertz CT molecular complexity index is 3460. The number of benzene rings is 10. The van der Waals surface area contributed by atoms with Crippen molar-refractivity contribution < 1.29 is 9.39 Å². The second-order valence-corrected chi connectivity index (χ2v) is 20.9. The van der Waals surface area contributed by atoms with Crippen LogP contribution < -0.4 is 41.1 Å². The summed E-state index contributed by atoms with van der Waals surface area (Å²) < 4.78 is 16.2. The molecule has 0 saturated heterocycles. The van der Waals surface area contributed by atoms with E-state index in [0.29, 0.717) is 0 Å². The van der Waals surface area contributed by atoms with E-state index in [0.717, 1.165) is 67.2 Å². The van der Waals surface area contributed by atoms with E-state index in [-0.39, 0.29) is 6.92 Å². The predicted octanol–water partition coefficient (Wildman–Crippen LogP) is 10.8. The topological polar surface area (TPSA) is 23.4 Å². The molecule has 0 spiro atoms. The van der Waals surface area contributed by atoms with Crippen LogP contribution in [0.15, 0.2) is 243 Å². The Morgan fingerprint density at radius 2 is 0.877 bits per heavy atom. The lowest BCUT2D eigenvalue weighted by molar-refractivity contribution is 0.479. The fourth-order valence-corrected chi connectivity index (χ4v) is 15.5. The highest BCUT2D eigenvalue weighted by molar-refractivity contribution is 7.19. The van der Waals surface area contributed by atoms with Gasteiger partial charge in [0.2, 0.25) is 0 Å². The monoisotopic (exact) mass is 845 g/mol. The Balaban J connectivity index is 0.866. The van der Waals surface area contributed by atoms with Gasteiger partial charge in [-0.2, -0.15) is 0 Å². The minimum atomic E-state index is -2.71. The molecule has 0 unspecified atom stereocenters. The summed E-state index contributed by atoms with van der Waals surface area (Å²) in [5, 5.41) is 7.92. The van der Waals surface area contributed by atoms with Gasteiger partial charge in [0.1, 0.15) is 17.2 Å². The molecule has 11 aromatic rings. The lowest BCUT2D eigenvalue weighted by atomic mass is 9.51. The second-order valence-electron chi connectivity index (χ2n) is 17.1. The SMILES string of the molecule is c1ccc([Si](c2ccccc2)(c2ccccc2)c2cccc(-c3ccc4c(c3)OB3c5ccc(-c6ccc(-n7c8ccccc8c8ccccc87)cc6)cc5Oc5cccc-4c53)c2)cc1. The summed E-state index contributed by atoms with van der Waals surface area (Å²) in [7, 11) is -2.71. The maximum Gasteiger partial charge on any atom is 0.434 e. The first-order valence-electron chi connectivity index (χ1n) is 22.3. The third-order valence-corrected chi connectivity index (χ3v) is 18.4. The minimum Gasteiger partial charge on any atom is -0.551 e. The molecule has 2 aliphatic heterocycles. The first-order chi connectivity index (χ1) is 32.2. The molecule has 0 aliphatic carbocycles. The van der Waals surface area contributed by atoms with Crippen molar-refractivity contribution in [2.45, 2.75) is 0 Å². The normalized spacial score (nSPS) is 12.5. The molecular weight excluding hydrogens is 806 g/mol. The van der Waals surface area contributed by atoms with Gasteiger partial charge in [0.05, 0.1) is 11.0 Å². The van der Waals surface area contributed by atoms with E-state index in [1.807, 2.05) is 0 Å². The van der Waals surface area contributed by atoms with Gasteiger partial charge in [-0.1, -0.05) is 200 Å². The summed E-state index contributed by atoms with van der Waals surface area (Å²) in [6.07, 6.45) is 0. The fraction of sp³-hybridized carbons (Fsp3) is 0. The van der Waals surface area contributed by atoms with Crippen molar-refractivity contribution in [1.82, 2.24) is 4.57 Å².